The second-order valence-corrected chi connectivity index (χ2v) is 10.6. The number of nitrogens with one attached hydrogen (secondary N) is 2. The molecule has 1 fully saturated rings. The van der Waals surface area contributed by atoms with Gasteiger partial charge in [0.15, 0.2) is 5.82 Å². The summed E-state index contributed by atoms with van der Waals surface area (Å²) in [6.07, 6.45) is 0. The summed E-state index contributed by atoms with van der Waals surface area (Å²) in [6.45, 7) is 0. The fraction of sp³-hybridized carbons (Fsp3) is 0.130. The van der Waals surface area contributed by atoms with Crippen LogP contribution in [0.15, 0.2) is 46.9 Å². The molecular weight excluding hydrogens is 613 g/mol. The number of nitrogens with two attached hydrogens (primary N) is 1. The van der Waals surface area contributed by atoms with Crippen LogP contribution < -0.4 is 16.4 Å². The van der Waals surface area contributed by atoms with Gasteiger partial charge in [-0.15, -0.1) is 23.2 Å². The summed E-state index contributed by atoms with van der Waals surface area (Å²) in [5, 5.41) is 4.69. The Hall–Kier alpha value is -2.53. The lowest BCUT2D eigenvalue weighted by Crippen LogP contribution is -2.18. The highest BCUT2D eigenvalue weighted by Crippen LogP contribution is 2.65. The second-order valence-electron chi connectivity index (χ2n) is 7.88. The third-order valence-electron chi connectivity index (χ3n) is 5.55. The highest BCUT2D eigenvalue weighted by molar-refractivity contribution is 9.10. The summed E-state index contributed by atoms with van der Waals surface area (Å²) in [7, 11) is 0. The fourth-order valence-corrected chi connectivity index (χ4v) is 5.16. The lowest BCUT2D eigenvalue weighted by molar-refractivity contribution is -0.117. The number of carbonyl (C=O) groups excluding carboxylic acids is 2. The van der Waals surface area contributed by atoms with Crippen LogP contribution in [-0.4, -0.2) is 16.1 Å². The standard InChI is InChI=1S/C23H13BrCl3F4N3O2/c24-12-6-8(28)5-11(18(12)30)16-17(23(16,26)27)22(36)33-9-1-2-13(25)10(7-9)21(35)34-15-4-3-14(29)20(32)19(15)31/h1-7,16-17H,32H2,(H,33,36)(H,34,35). The number of anilines is 3. The summed E-state index contributed by atoms with van der Waals surface area (Å²) in [5.41, 5.74) is 3.89. The van der Waals surface area contributed by atoms with E-state index in [-0.39, 0.29) is 32.0 Å². The van der Waals surface area contributed by atoms with Gasteiger partial charge in [-0.25, -0.2) is 17.6 Å². The van der Waals surface area contributed by atoms with Gasteiger partial charge in [-0.3, -0.25) is 9.59 Å². The molecule has 13 heteroatoms. The van der Waals surface area contributed by atoms with Crippen LogP contribution in [0, 0.1) is 29.2 Å². The Balaban J connectivity index is 1.54. The van der Waals surface area contributed by atoms with Crippen molar-refractivity contribution >= 4 is 79.6 Å². The molecule has 188 valence electrons. The van der Waals surface area contributed by atoms with Gasteiger partial charge in [-0.2, -0.15) is 0 Å². The lowest BCUT2D eigenvalue weighted by atomic mass is 10.1. The minimum atomic E-state index is -1.72. The molecule has 36 heavy (non-hydrogen) atoms. The first-order chi connectivity index (χ1) is 16.8. The first-order valence-electron chi connectivity index (χ1n) is 10.0. The maximum atomic E-state index is 14.5. The Morgan fingerprint density at radius 3 is 2.36 bits per heavy atom. The maximum absolute atomic E-state index is 14.5. The Morgan fingerprint density at radius 1 is 0.972 bits per heavy atom. The van der Waals surface area contributed by atoms with Crippen LogP contribution in [0.25, 0.3) is 0 Å². The van der Waals surface area contributed by atoms with Crippen LogP contribution in [-0.2, 0) is 4.79 Å². The Kier molecular flexibility index (Phi) is 7.18. The van der Waals surface area contributed by atoms with Crippen LogP contribution in [0.5, 0.6) is 0 Å². The van der Waals surface area contributed by atoms with Gasteiger partial charge < -0.3 is 16.4 Å². The molecule has 1 saturated carbocycles. The zero-order chi connectivity index (χ0) is 26.5. The number of rotatable bonds is 5. The minimum Gasteiger partial charge on any atom is -0.394 e. The van der Waals surface area contributed by atoms with Crippen molar-refractivity contribution in [2.24, 2.45) is 5.92 Å². The first-order valence-corrected chi connectivity index (χ1v) is 11.9. The van der Waals surface area contributed by atoms with E-state index >= 15 is 0 Å². The lowest BCUT2D eigenvalue weighted by Gasteiger charge is -2.11. The van der Waals surface area contributed by atoms with Gasteiger partial charge in [-0.05, 0) is 64.0 Å². The minimum absolute atomic E-state index is 0.0407. The Labute approximate surface area is 225 Å². The Bertz CT molecular complexity index is 1420. The van der Waals surface area contributed by atoms with Gasteiger partial charge in [0.05, 0.1) is 26.7 Å². The topological polar surface area (TPSA) is 84.2 Å². The predicted octanol–water partition coefficient (Wildman–Crippen LogP) is 7.02. The number of amides is 2. The number of halogens is 8. The van der Waals surface area contributed by atoms with Crippen molar-refractivity contribution in [2.75, 3.05) is 16.4 Å². The van der Waals surface area contributed by atoms with E-state index in [1.54, 1.807) is 0 Å². The van der Waals surface area contributed by atoms with Crippen molar-refractivity contribution in [3.63, 3.8) is 0 Å². The number of hydrogen-bond acceptors (Lipinski definition) is 3. The average Bonchev–Trinajstić information content (AvgIpc) is 3.39. The monoisotopic (exact) mass is 623 g/mol. The molecule has 0 saturated heterocycles. The summed E-state index contributed by atoms with van der Waals surface area (Å²) in [6, 6.07) is 7.55. The van der Waals surface area contributed by atoms with Crippen molar-refractivity contribution < 1.29 is 27.2 Å². The number of nitrogen functional groups attached to an aromatic ring is 1. The Morgan fingerprint density at radius 2 is 1.67 bits per heavy atom. The molecule has 4 N–H and O–H groups in total. The molecule has 2 atom stereocenters. The molecule has 3 aromatic carbocycles. The van der Waals surface area contributed by atoms with Gasteiger partial charge in [0, 0.05) is 11.6 Å². The molecule has 0 bridgehead atoms. The van der Waals surface area contributed by atoms with E-state index in [0.717, 1.165) is 24.3 Å². The van der Waals surface area contributed by atoms with Crippen LogP contribution in [0.1, 0.15) is 21.8 Å². The van der Waals surface area contributed by atoms with Crippen LogP contribution in [0.3, 0.4) is 0 Å². The predicted molar refractivity (Wildman–Crippen MR) is 134 cm³/mol. The van der Waals surface area contributed by atoms with Crippen molar-refractivity contribution in [1.82, 2.24) is 0 Å². The molecule has 0 spiro atoms. The number of carbonyl (C=O) groups is 2. The van der Waals surface area contributed by atoms with Crippen molar-refractivity contribution in [3.8, 4) is 0 Å². The van der Waals surface area contributed by atoms with Gasteiger partial charge in [0.25, 0.3) is 5.91 Å². The summed E-state index contributed by atoms with van der Waals surface area (Å²) in [5.74, 6) is -7.50. The van der Waals surface area contributed by atoms with E-state index < -0.39 is 56.9 Å². The molecule has 0 radical (unpaired) electrons. The number of alkyl halides is 2. The third kappa shape index (κ3) is 4.87. The van der Waals surface area contributed by atoms with Gasteiger partial charge in [-0.1, -0.05) is 11.6 Å². The van der Waals surface area contributed by atoms with Crippen molar-refractivity contribution in [2.45, 2.75) is 10.3 Å². The van der Waals surface area contributed by atoms with E-state index in [0.29, 0.717) is 0 Å². The molecule has 2 unspecified atom stereocenters. The summed E-state index contributed by atoms with van der Waals surface area (Å²) < 4.78 is 54.0. The van der Waals surface area contributed by atoms with Crippen molar-refractivity contribution in [1.29, 1.82) is 0 Å². The molecule has 3 aromatic rings. The molecule has 2 amide bonds. The van der Waals surface area contributed by atoms with Gasteiger partial charge in [0.2, 0.25) is 5.91 Å². The highest BCUT2D eigenvalue weighted by atomic mass is 79.9. The first kappa shape index (κ1) is 26.5. The molecule has 0 aliphatic heterocycles. The molecule has 4 rings (SSSR count). The van der Waals surface area contributed by atoms with Gasteiger partial charge in [0.1, 0.15) is 27.5 Å². The smallest absolute Gasteiger partial charge is 0.257 e. The molecular formula is C23H13BrCl3F4N3O2. The fourth-order valence-electron chi connectivity index (χ4n) is 3.69. The van der Waals surface area contributed by atoms with E-state index in [9.17, 15) is 27.2 Å². The normalized spacial score (nSPS) is 18.0. The molecule has 1 aliphatic carbocycles. The number of hydrogen-bond donors (Lipinski definition) is 3. The maximum Gasteiger partial charge on any atom is 0.257 e. The second kappa shape index (κ2) is 9.74. The zero-order valence-corrected chi connectivity index (χ0v) is 21.5. The van der Waals surface area contributed by atoms with Crippen LogP contribution >= 0.6 is 50.7 Å². The molecule has 0 aromatic heterocycles. The molecule has 5 nitrogen and oxygen atoms in total. The quantitative estimate of drug-likeness (QED) is 0.123. The zero-order valence-electron chi connectivity index (χ0n) is 17.6. The summed E-state index contributed by atoms with van der Waals surface area (Å²) >= 11 is 21.4. The largest absolute Gasteiger partial charge is 0.394 e. The molecule has 1 aliphatic rings. The van der Waals surface area contributed by atoms with Gasteiger partial charge >= 0.3 is 0 Å². The average molecular weight is 626 g/mol. The van der Waals surface area contributed by atoms with Crippen LogP contribution in [0.2, 0.25) is 5.02 Å². The van der Waals surface area contributed by atoms with Crippen LogP contribution in [0.4, 0.5) is 34.6 Å². The summed E-state index contributed by atoms with van der Waals surface area (Å²) in [4.78, 5) is 25.6. The van der Waals surface area contributed by atoms with E-state index in [4.69, 9.17) is 40.5 Å². The number of benzene rings is 3. The van der Waals surface area contributed by atoms with E-state index in [1.807, 2.05) is 0 Å². The SMILES string of the molecule is Nc1c(F)ccc(NC(=O)c2cc(NC(=O)C3C(c4cc(F)cc(Br)c4F)C3(Cl)Cl)ccc2Cl)c1F. The van der Waals surface area contributed by atoms with E-state index in [2.05, 4.69) is 26.6 Å². The highest BCUT2D eigenvalue weighted by Gasteiger charge is 2.68. The molecule has 0 heterocycles. The van der Waals surface area contributed by atoms with E-state index in [1.165, 1.54) is 18.2 Å². The third-order valence-corrected chi connectivity index (χ3v) is 7.39. The van der Waals surface area contributed by atoms with Crippen molar-refractivity contribution in [3.05, 3.63) is 86.4 Å².